The molecule has 3 nitrogen and oxygen atoms in total. The summed E-state index contributed by atoms with van der Waals surface area (Å²) in [6.07, 6.45) is 0. The van der Waals surface area contributed by atoms with Crippen LogP contribution in [0.5, 0.6) is 0 Å². The van der Waals surface area contributed by atoms with Crippen molar-refractivity contribution in [2.45, 2.75) is 0 Å². The van der Waals surface area contributed by atoms with Crippen LogP contribution in [0, 0.1) is 0 Å². The van der Waals surface area contributed by atoms with Crippen molar-refractivity contribution in [3.05, 3.63) is 212 Å². The highest BCUT2D eigenvalue weighted by molar-refractivity contribution is 7.00. The zero-order valence-electron chi connectivity index (χ0n) is 33.6. The van der Waals surface area contributed by atoms with Gasteiger partial charge >= 0.3 is 0 Å². The van der Waals surface area contributed by atoms with Crippen molar-refractivity contribution in [1.29, 1.82) is 0 Å². The molecule has 12 aromatic rings. The van der Waals surface area contributed by atoms with E-state index in [1.165, 1.54) is 82.2 Å². The van der Waals surface area contributed by atoms with Crippen LogP contribution in [-0.2, 0) is 0 Å². The van der Waals surface area contributed by atoms with Crippen molar-refractivity contribution >= 4 is 122 Å². The average Bonchev–Trinajstić information content (AvgIpc) is 3.71. The zero-order valence-corrected chi connectivity index (χ0v) is 33.6. The normalized spacial score (nSPS) is 13.1. The molecule has 0 saturated heterocycles. The summed E-state index contributed by atoms with van der Waals surface area (Å²) in [5, 5.41) is 12.2. The summed E-state index contributed by atoms with van der Waals surface area (Å²) in [5.74, 6) is 0. The summed E-state index contributed by atoms with van der Waals surface area (Å²) in [6, 6.07) is 78.5. The van der Waals surface area contributed by atoms with Gasteiger partial charge in [0.1, 0.15) is 11.2 Å². The third-order valence-electron chi connectivity index (χ3n) is 13.5. The summed E-state index contributed by atoms with van der Waals surface area (Å²) in [5.41, 5.74) is 15.1. The van der Waals surface area contributed by atoms with Gasteiger partial charge in [0.15, 0.2) is 0 Å². The molecule has 0 fully saturated rings. The fourth-order valence-corrected chi connectivity index (χ4v) is 10.8. The molecule has 0 amide bonds. The predicted molar refractivity (Wildman–Crippen MR) is 263 cm³/mol. The van der Waals surface area contributed by atoms with Crippen LogP contribution < -0.4 is 26.2 Å². The van der Waals surface area contributed by atoms with Gasteiger partial charge in [0.25, 0.3) is 6.71 Å². The van der Waals surface area contributed by atoms with Gasteiger partial charge in [0.05, 0.1) is 0 Å². The van der Waals surface area contributed by atoms with Gasteiger partial charge in [-0.2, -0.15) is 0 Å². The van der Waals surface area contributed by atoms with Crippen LogP contribution in [0.1, 0.15) is 0 Å². The molecule has 14 rings (SSSR count). The Kier molecular flexibility index (Phi) is 6.92. The molecule has 0 aliphatic carbocycles. The molecule has 4 heteroatoms. The summed E-state index contributed by atoms with van der Waals surface area (Å²) in [7, 11) is 0. The molecule has 0 unspecified atom stereocenters. The van der Waals surface area contributed by atoms with Crippen molar-refractivity contribution in [2.75, 3.05) is 9.80 Å². The number of fused-ring (bicyclic) bond motifs is 13. The van der Waals surface area contributed by atoms with E-state index >= 15 is 0 Å². The lowest BCUT2D eigenvalue weighted by molar-refractivity contribution is 0.669. The Labute approximate surface area is 358 Å². The molecular weight excluding hydrogens is 751 g/mol. The monoisotopic (exact) mass is 786 g/mol. The second kappa shape index (κ2) is 12.7. The number of furan rings is 1. The van der Waals surface area contributed by atoms with E-state index in [1.807, 2.05) is 6.07 Å². The number of hydrogen-bond acceptors (Lipinski definition) is 3. The molecule has 0 saturated carbocycles. The van der Waals surface area contributed by atoms with Gasteiger partial charge in [-0.05, 0) is 139 Å². The quantitative estimate of drug-likeness (QED) is 0.131. The minimum absolute atomic E-state index is 0.0361. The number of nitrogens with zero attached hydrogens (tertiary/aromatic N) is 2. The first kappa shape index (κ1) is 33.7. The summed E-state index contributed by atoms with van der Waals surface area (Å²) in [6.45, 7) is -0.0361. The molecule has 2 aliphatic rings. The minimum Gasteiger partial charge on any atom is -0.456 e. The van der Waals surface area contributed by atoms with Crippen LogP contribution in [-0.4, -0.2) is 6.71 Å². The van der Waals surface area contributed by atoms with E-state index < -0.39 is 0 Å². The van der Waals surface area contributed by atoms with E-state index in [2.05, 4.69) is 216 Å². The van der Waals surface area contributed by atoms with E-state index in [1.54, 1.807) is 0 Å². The highest BCUT2D eigenvalue weighted by atomic mass is 16.3. The second-order valence-corrected chi connectivity index (χ2v) is 16.9. The van der Waals surface area contributed by atoms with Gasteiger partial charge in [-0.1, -0.05) is 133 Å². The number of hydrogen-bond donors (Lipinski definition) is 0. The molecule has 3 heterocycles. The predicted octanol–water partition coefficient (Wildman–Crippen LogP) is 13.9. The largest absolute Gasteiger partial charge is 0.456 e. The maximum absolute atomic E-state index is 6.36. The van der Waals surface area contributed by atoms with E-state index in [9.17, 15) is 0 Å². The minimum atomic E-state index is -0.0361. The topological polar surface area (TPSA) is 19.6 Å². The Morgan fingerprint density at radius 3 is 1.37 bits per heavy atom. The molecule has 62 heavy (non-hydrogen) atoms. The second-order valence-electron chi connectivity index (χ2n) is 16.9. The van der Waals surface area contributed by atoms with Crippen molar-refractivity contribution in [3.8, 4) is 11.1 Å². The van der Waals surface area contributed by atoms with Crippen molar-refractivity contribution in [1.82, 2.24) is 0 Å². The molecule has 2 aliphatic heterocycles. The summed E-state index contributed by atoms with van der Waals surface area (Å²) < 4.78 is 6.36. The first-order valence-corrected chi connectivity index (χ1v) is 21.4. The van der Waals surface area contributed by atoms with Crippen molar-refractivity contribution in [3.63, 3.8) is 0 Å². The molecule has 0 atom stereocenters. The number of para-hydroxylation sites is 3. The standard InChI is InChI=1S/C58H35BN2O/c1-3-17-44(18-4-1)60-52-34-43(40-25-28-55-49(33-40)46-21-11-12-22-54(46)62-55)35-53-56(52)59(50-26-23-41-29-36-13-7-9-15-38(36)31-47(41)57(50)60)51-27-24-42-30-37-14-8-10-16-39(37)32-48(42)58(51)61(53)45-19-5-2-6-20-45/h1-35H. The highest BCUT2D eigenvalue weighted by Crippen LogP contribution is 2.49. The van der Waals surface area contributed by atoms with Crippen LogP contribution in [0.4, 0.5) is 34.1 Å². The van der Waals surface area contributed by atoms with Gasteiger partial charge in [-0.25, -0.2) is 0 Å². The first-order chi connectivity index (χ1) is 30.7. The number of rotatable bonds is 3. The van der Waals surface area contributed by atoms with Gasteiger partial charge in [-0.15, -0.1) is 0 Å². The van der Waals surface area contributed by atoms with Gasteiger partial charge in [-0.3, -0.25) is 0 Å². The van der Waals surface area contributed by atoms with Gasteiger partial charge in [0, 0.05) is 55.7 Å². The van der Waals surface area contributed by atoms with Crippen molar-refractivity contribution < 1.29 is 4.42 Å². The third kappa shape index (κ3) is 4.78. The number of anilines is 6. The fourth-order valence-electron chi connectivity index (χ4n) is 10.8. The highest BCUT2D eigenvalue weighted by Gasteiger charge is 2.44. The molecular formula is C58H35BN2O. The Morgan fingerprint density at radius 2 is 0.806 bits per heavy atom. The lowest BCUT2D eigenvalue weighted by Crippen LogP contribution is -2.61. The van der Waals surface area contributed by atoms with E-state index in [0.717, 1.165) is 44.4 Å². The molecule has 1 aromatic heterocycles. The van der Waals surface area contributed by atoms with E-state index in [4.69, 9.17) is 4.42 Å². The Morgan fingerprint density at radius 1 is 0.323 bits per heavy atom. The first-order valence-electron chi connectivity index (χ1n) is 21.4. The van der Waals surface area contributed by atoms with Crippen LogP contribution in [0.2, 0.25) is 0 Å². The maximum Gasteiger partial charge on any atom is 0.252 e. The zero-order chi connectivity index (χ0) is 40.5. The van der Waals surface area contributed by atoms with Gasteiger partial charge < -0.3 is 14.2 Å². The summed E-state index contributed by atoms with van der Waals surface area (Å²) >= 11 is 0. The smallest absolute Gasteiger partial charge is 0.252 e. The SMILES string of the molecule is c1ccc(N2c3cc(-c4ccc5oc6ccccc6c5c4)cc4c3B(c3ccc5cc6ccccc6cc5c32)c2ccc3cc5ccccc5cc3c2N4c2ccccc2)cc1. The fraction of sp³-hybridized carbons (Fsp3) is 0. The molecule has 286 valence electrons. The van der Waals surface area contributed by atoms with E-state index in [0.29, 0.717) is 0 Å². The average molecular weight is 787 g/mol. The lowest BCUT2D eigenvalue weighted by atomic mass is 9.33. The Bertz CT molecular complexity index is 3650. The molecule has 0 N–H and O–H groups in total. The molecule has 0 spiro atoms. The van der Waals surface area contributed by atoms with Crippen LogP contribution >= 0.6 is 0 Å². The third-order valence-corrected chi connectivity index (χ3v) is 13.5. The molecule has 0 radical (unpaired) electrons. The molecule has 0 bridgehead atoms. The van der Waals surface area contributed by atoms with Crippen LogP contribution in [0.3, 0.4) is 0 Å². The van der Waals surface area contributed by atoms with Crippen LogP contribution in [0.15, 0.2) is 217 Å². The Hall–Kier alpha value is -8.08. The Balaban J connectivity index is 1.15. The summed E-state index contributed by atoms with van der Waals surface area (Å²) in [4.78, 5) is 5.11. The maximum atomic E-state index is 6.36. The van der Waals surface area contributed by atoms with E-state index in [-0.39, 0.29) is 6.71 Å². The molecule has 11 aromatic carbocycles. The van der Waals surface area contributed by atoms with Crippen molar-refractivity contribution in [2.24, 2.45) is 0 Å². The lowest BCUT2D eigenvalue weighted by Gasteiger charge is -2.45. The van der Waals surface area contributed by atoms with Gasteiger partial charge in [0.2, 0.25) is 0 Å². The number of benzene rings is 11. The van der Waals surface area contributed by atoms with Crippen LogP contribution in [0.25, 0.3) is 76.2 Å².